The molecule has 1 saturated heterocycles. The molecule has 1 amide bonds. The standard InChI is InChI=1S/C14H20N2O2/c1-10-7-8-16(9-12(10)17)14(18)13(15)11-5-3-2-4-6-11/h2-6,10,12-13,17H,7-9,15H2,1H3. The Hall–Kier alpha value is -1.39. The Morgan fingerprint density at radius 2 is 2.11 bits per heavy atom. The van der Waals surface area contributed by atoms with Crippen LogP contribution in [0.5, 0.6) is 0 Å². The van der Waals surface area contributed by atoms with Crippen LogP contribution in [0.25, 0.3) is 0 Å². The van der Waals surface area contributed by atoms with E-state index in [1.807, 2.05) is 37.3 Å². The number of aliphatic hydroxyl groups excluding tert-OH is 1. The average Bonchev–Trinajstić information content (AvgIpc) is 2.41. The second-order valence-electron chi connectivity index (χ2n) is 5.01. The molecule has 18 heavy (non-hydrogen) atoms. The molecular formula is C14H20N2O2. The summed E-state index contributed by atoms with van der Waals surface area (Å²) in [6.45, 7) is 3.07. The molecule has 4 nitrogen and oxygen atoms in total. The summed E-state index contributed by atoms with van der Waals surface area (Å²) in [7, 11) is 0. The molecule has 0 aliphatic carbocycles. The zero-order valence-electron chi connectivity index (χ0n) is 10.6. The maximum Gasteiger partial charge on any atom is 0.244 e. The Bertz CT molecular complexity index is 408. The van der Waals surface area contributed by atoms with Crippen LogP contribution in [0.2, 0.25) is 0 Å². The highest BCUT2D eigenvalue weighted by Crippen LogP contribution is 2.20. The van der Waals surface area contributed by atoms with Crippen molar-refractivity contribution in [1.29, 1.82) is 0 Å². The van der Waals surface area contributed by atoms with Gasteiger partial charge in [-0.15, -0.1) is 0 Å². The normalized spacial score (nSPS) is 25.8. The number of nitrogens with zero attached hydrogens (tertiary/aromatic N) is 1. The quantitative estimate of drug-likeness (QED) is 0.817. The van der Waals surface area contributed by atoms with Gasteiger partial charge in [-0.25, -0.2) is 0 Å². The lowest BCUT2D eigenvalue weighted by Crippen LogP contribution is -2.48. The van der Waals surface area contributed by atoms with Gasteiger partial charge in [-0.1, -0.05) is 37.3 Å². The number of benzene rings is 1. The van der Waals surface area contributed by atoms with Crippen LogP contribution in [0.3, 0.4) is 0 Å². The number of piperidine rings is 1. The highest BCUT2D eigenvalue weighted by atomic mass is 16.3. The molecule has 1 aromatic carbocycles. The first-order chi connectivity index (χ1) is 8.59. The minimum Gasteiger partial charge on any atom is -0.391 e. The molecule has 3 atom stereocenters. The number of rotatable bonds is 2. The van der Waals surface area contributed by atoms with Crippen molar-refractivity contribution in [2.75, 3.05) is 13.1 Å². The number of nitrogens with two attached hydrogens (primary N) is 1. The van der Waals surface area contributed by atoms with E-state index in [0.717, 1.165) is 12.0 Å². The van der Waals surface area contributed by atoms with Gasteiger partial charge in [-0.3, -0.25) is 4.79 Å². The summed E-state index contributed by atoms with van der Waals surface area (Å²) in [4.78, 5) is 13.9. The fraction of sp³-hybridized carbons (Fsp3) is 0.500. The zero-order chi connectivity index (χ0) is 13.1. The van der Waals surface area contributed by atoms with Gasteiger partial charge in [0.05, 0.1) is 6.10 Å². The molecule has 98 valence electrons. The Labute approximate surface area is 107 Å². The minimum atomic E-state index is -0.633. The van der Waals surface area contributed by atoms with Gasteiger partial charge in [0.15, 0.2) is 0 Å². The highest BCUT2D eigenvalue weighted by Gasteiger charge is 2.30. The summed E-state index contributed by atoms with van der Waals surface area (Å²) in [6, 6.07) is 8.71. The largest absolute Gasteiger partial charge is 0.391 e. The van der Waals surface area contributed by atoms with Crippen LogP contribution in [0.4, 0.5) is 0 Å². The van der Waals surface area contributed by atoms with Crippen molar-refractivity contribution in [3.8, 4) is 0 Å². The lowest BCUT2D eigenvalue weighted by molar-refractivity contribution is -0.137. The summed E-state index contributed by atoms with van der Waals surface area (Å²) in [6.07, 6.45) is 0.389. The van der Waals surface area contributed by atoms with Gasteiger partial charge >= 0.3 is 0 Å². The molecule has 1 aliphatic heterocycles. The third-order valence-corrected chi connectivity index (χ3v) is 3.66. The molecule has 4 heteroatoms. The molecule has 0 spiro atoms. The minimum absolute atomic E-state index is 0.104. The SMILES string of the molecule is CC1CCN(C(=O)C(N)c2ccccc2)CC1O. The molecular weight excluding hydrogens is 228 g/mol. The summed E-state index contributed by atoms with van der Waals surface area (Å²) in [5.74, 6) is 0.147. The highest BCUT2D eigenvalue weighted by molar-refractivity contribution is 5.83. The van der Waals surface area contributed by atoms with Crippen LogP contribution in [-0.2, 0) is 4.79 Å². The van der Waals surface area contributed by atoms with Gasteiger partial charge in [0.25, 0.3) is 0 Å². The number of carbonyl (C=O) groups is 1. The van der Waals surface area contributed by atoms with Gasteiger partial charge in [0, 0.05) is 13.1 Å². The molecule has 3 N–H and O–H groups in total. The Morgan fingerprint density at radius 1 is 1.44 bits per heavy atom. The van der Waals surface area contributed by atoms with Crippen LogP contribution in [0, 0.1) is 5.92 Å². The number of amides is 1. The molecule has 2 rings (SSSR count). The van der Waals surface area contributed by atoms with Gasteiger partial charge in [0.1, 0.15) is 6.04 Å². The molecule has 1 aliphatic rings. The first kappa shape index (κ1) is 13.1. The van der Waals surface area contributed by atoms with E-state index in [2.05, 4.69) is 0 Å². The molecule has 3 unspecified atom stereocenters. The van der Waals surface area contributed by atoms with Crippen LogP contribution < -0.4 is 5.73 Å². The predicted molar refractivity (Wildman–Crippen MR) is 69.7 cm³/mol. The van der Waals surface area contributed by atoms with E-state index < -0.39 is 12.1 Å². The number of hydrogen-bond donors (Lipinski definition) is 2. The molecule has 1 aromatic rings. The van der Waals surface area contributed by atoms with Crippen LogP contribution in [0.1, 0.15) is 24.9 Å². The number of likely N-dealkylation sites (tertiary alicyclic amines) is 1. The first-order valence-electron chi connectivity index (χ1n) is 6.37. The van der Waals surface area contributed by atoms with Gasteiger partial charge in [-0.05, 0) is 17.9 Å². The van der Waals surface area contributed by atoms with Crippen molar-refractivity contribution in [2.45, 2.75) is 25.5 Å². The fourth-order valence-corrected chi connectivity index (χ4v) is 2.25. The Kier molecular flexibility index (Phi) is 3.99. The summed E-state index contributed by atoms with van der Waals surface area (Å²) < 4.78 is 0. The lowest BCUT2D eigenvalue weighted by atomic mass is 9.95. The van der Waals surface area contributed by atoms with Gasteiger partial charge < -0.3 is 15.7 Å². The van der Waals surface area contributed by atoms with E-state index in [9.17, 15) is 9.90 Å². The van der Waals surface area contributed by atoms with E-state index in [1.54, 1.807) is 4.90 Å². The van der Waals surface area contributed by atoms with E-state index in [4.69, 9.17) is 5.73 Å². The molecule has 1 heterocycles. The maximum atomic E-state index is 12.2. The average molecular weight is 248 g/mol. The third kappa shape index (κ3) is 2.71. The summed E-state index contributed by atoms with van der Waals surface area (Å²) >= 11 is 0. The van der Waals surface area contributed by atoms with E-state index in [-0.39, 0.29) is 11.8 Å². The van der Waals surface area contributed by atoms with Crippen molar-refractivity contribution in [2.24, 2.45) is 11.7 Å². The van der Waals surface area contributed by atoms with Crippen molar-refractivity contribution in [3.63, 3.8) is 0 Å². The first-order valence-corrected chi connectivity index (χ1v) is 6.37. The number of carbonyl (C=O) groups excluding carboxylic acids is 1. The van der Waals surface area contributed by atoms with E-state index in [1.165, 1.54) is 0 Å². The molecule has 0 aromatic heterocycles. The molecule has 0 saturated carbocycles. The summed E-state index contributed by atoms with van der Waals surface area (Å²) in [5.41, 5.74) is 6.79. The van der Waals surface area contributed by atoms with Crippen molar-refractivity contribution < 1.29 is 9.90 Å². The predicted octanol–water partition coefficient (Wildman–Crippen LogP) is 0.916. The van der Waals surface area contributed by atoms with Crippen molar-refractivity contribution in [1.82, 2.24) is 4.90 Å². The number of hydrogen-bond acceptors (Lipinski definition) is 3. The van der Waals surface area contributed by atoms with E-state index >= 15 is 0 Å². The van der Waals surface area contributed by atoms with E-state index in [0.29, 0.717) is 13.1 Å². The molecule has 0 radical (unpaired) electrons. The topological polar surface area (TPSA) is 66.6 Å². The third-order valence-electron chi connectivity index (χ3n) is 3.66. The maximum absolute atomic E-state index is 12.2. The van der Waals surface area contributed by atoms with Crippen LogP contribution >= 0.6 is 0 Å². The second-order valence-corrected chi connectivity index (χ2v) is 5.01. The van der Waals surface area contributed by atoms with Crippen LogP contribution in [0.15, 0.2) is 30.3 Å². The second kappa shape index (κ2) is 5.50. The Balaban J connectivity index is 2.03. The van der Waals surface area contributed by atoms with Crippen LogP contribution in [-0.4, -0.2) is 35.1 Å². The van der Waals surface area contributed by atoms with Gasteiger partial charge in [0.2, 0.25) is 5.91 Å². The fourth-order valence-electron chi connectivity index (χ4n) is 2.25. The molecule has 0 bridgehead atoms. The monoisotopic (exact) mass is 248 g/mol. The zero-order valence-corrected chi connectivity index (χ0v) is 10.6. The van der Waals surface area contributed by atoms with Crippen molar-refractivity contribution in [3.05, 3.63) is 35.9 Å². The van der Waals surface area contributed by atoms with Gasteiger partial charge in [-0.2, -0.15) is 0 Å². The molecule has 1 fully saturated rings. The number of β-amino-alcohol motifs (C(OH)–C–C–N with tert-alkyl or cyclic N) is 1. The lowest BCUT2D eigenvalue weighted by Gasteiger charge is -2.35. The summed E-state index contributed by atoms with van der Waals surface area (Å²) in [5, 5.41) is 9.81. The smallest absolute Gasteiger partial charge is 0.244 e. The van der Waals surface area contributed by atoms with Crippen molar-refractivity contribution >= 4 is 5.91 Å². The number of aliphatic hydroxyl groups is 1. The Morgan fingerprint density at radius 3 is 2.72 bits per heavy atom.